The monoisotopic (exact) mass is 331 g/mol. The molecule has 130 valence electrons. The molecule has 0 spiro atoms. The summed E-state index contributed by atoms with van der Waals surface area (Å²) in [6.45, 7) is 5.14. The first kappa shape index (κ1) is 16.8. The largest absolute Gasteiger partial charge is 0.460 e. The molecule has 0 aliphatic heterocycles. The van der Waals surface area contributed by atoms with Crippen LogP contribution in [0.2, 0.25) is 0 Å². The van der Waals surface area contributed by atoms with Gasteiger partial charge >= 0.3 is 0 Å². The van der Waals surface area contributed by atoms with Crippen molar-refractivity contribution in [2.24, 2.45) is 5.92 Å². The van der Waals surface area contributed by atoms with Crippen LogP contribution in [0.25, 0.3) is 11.5 Å². The molecule has 0 saturated heterocycles. The number of aromatic amines is 1. The smallest absolute Gasteiger partial charge is 0.271 e. The van der Waals surface area contributed by atoms with Crippen LogP contribution in [0.15, 0.2) is 22.6 Å². The summed E-state index contributed by atoms with van der Waals surface area (Å²) in [5.41, 5.74) is 1.05. The zero-order valence-electron chi connectivity index (χ0n) is 14.3. The Morgan fingerprint density at radius 2 is 2.25 bits per heavy atom. The maximum Gasteiger partial charge on any atom is 0.271 e. The molecule has 2 heterocycles. The van der Waals surface area contributed by atoms with E-state index in [-0.39, 0.29) is 5.91 Å². The average Bonchev–Trinajstić information content (AvgIpc) is 3.21. The van der Waals surface area contributed by atoms with Gasteiger partial charge in [0.15, 0.2) is 11.5 Å². The van der Waals surface area contributed by atoms with E-state index in [0.29, 0.717) is 42.3 Å². The minimum absolute atomic E-state index is 0.207. The third-order valence-electron chi connectivity index (χ3n) is 4.57. The summed E-state index contributed by atoms with van der Waals surface area (Å²) < 4.78 is 11.4. The molecule has 2 aromatic heterocycles. The highest BCUT2D eigenvalue weighted by molar-refractivity contribution is 5.93. The van der Waals surface area contributed by atoms with Crippen molar-refractivity contribution < 1.29 is 13.9 Å². The summed E-state index contributed by atoms with van der Waals surface area (Å²) in [5.74, 6) is 1.90. The molecule has 1 fully saturated rings. The van der Waals surface area contributed by atoms with Gasteiger partial charge in [0.25, 0.3) is 5.91 Å². The van der Waals surface area contributed by atoms with E-state index in [1.165, 1.54) is 19.3 Å². The van der Waals surface area contributed by atoms with E-state index in [2.05, 4.69) is 22.4 Å². The highest BCUT2D eigenvalue weighted by Crippen LogP contribution is 2.26. The number of carbonyl (C=O) groups excluding carboxylic acids is 1. The van der Waals surface area contributed by atoms with Crippen molar-refractivity contribution in [2.75, 3.05) is 13.2 Å². The van der Waals surface area contributed by atoms with E-state index in [1.807, 2.05) is 19.1 Å². The fraction of sp³-hybridized carbons (Fsp3) is 0.556. The van der Waals surface area contributed by atoms with E-state index in [0.717, 1.165) is 12.2 Å². The fourth-order valence-corrected chi connectivity index (χ4v) is 3.14. The second kappa shape index (κ2) is 7.66. The number of carbonyl (C=O) groups is 1. The van der Waals surface area contributed by atoms with Crippen molar-refractivity contribution in [3.8, 4) is 11.5 Å². The minimum atomic E-state index is -0.207. The number of ether oxygens (including phenoxy) is 1. The Labute approximate surface area is 142 Å². The lowest BCUT2D eigenvalue weighted by molar-refractivity contribution is -0.00295. The molecule has 6 nitrogen and oxygen atoms in total. The number of nitrogens with zero attached hydrogens (tertiary/aromatic N) is 1. The summed E-state index contributed by atoms with van der Waals surface area (Å²) in [6.07, 6.45) is 5.23. The topological polar surface area (TPSA) is 80.1 Å². The van der Waals surface area contributed by atoms with E-state index >= 15 is 0 Å². The third-order valence-corrected chi connectivity index (χ3v) is 4.57. The van der Waals surface area contributed by atoms with E-state index < -0.39 is 0 Å². The minimum Gasteiger partial charge on any atom is -0.460 e. The lowest BCUT2D eigenvalue weighted by atomic mass is 9.88. The van der Waals surface area contributed by atoms with Crippen LogP contribution in [-0.2, 0) is 4.74 Å². The van der Waals surface area contributed by atoms with Gasteiger partial charge in [0, 0.05) is 12.6 Å². The normalized spacial score (nSPS) is 20.9. The molecule has 3 rings (SSSR count). The number of furan rings is 1. The Morgan fingerprint density at radius 3 is 3.00 bits per heavy atom. The number of hydrogen-bond acceptors (Lipinski definition) is 4. The number of aryl methyl sites for hydroxylation is 1. The molecule has 2 N–H and O–H groups in total. The molecule has 1 amide bonds. The van der Waals surface area contributed by atoms with E-state index in [9.17, 15) is 4.79 Å². The lowest BCUT2D eigenvalue weighted by Gasteiger charge is -2.28. The SMILES string of the molecule is Cc1ccc(-c2cc(C(=O)NCCOC3CCCCC3C)n[nH]2)o1. The maximum absolute atomic E-state index is 12.1. The zero-order chi connectivity index (χ0) is 16.9. The Morgan fingerprint density at radius 1 is 1.42 bits per heavy atom. The van der Waals surface area contributed by atoms with Crippen LogP contribution >= 0.6 is 0 Å². The first-order chi connectivity index (χ1) is 11.6. The number of rotatable bonds is 6. The molecule has 24 heavy (non-hydrogen) atoms. The van der Waals surface area contributed by atoms with Crippen LogP contribution in [0.4, 0.5) is 0 Å². The van der Waals surface area contributed by atoms with Gasteiger partial charge in [0.1, 0.15) is 11.5 Å². The second-order valence-electron chi connectivity index (χ2n) is 6.50. The van der Waals surface area contributed by atoms with Gasteiger partial charge in [-0.1, -0.05) is 19.8 Å². The molecule has 0 aromatic carbocycles. The fourth-order valence-electron chi connectivity index (χ4n) is 3.14. The molecule has 1 aliphatic carbocycles. The molecule has 1 aliphatic rings. The number of amides is 1. The van der Waals surface area contributed by atoms with Gasteiger partial charge in [-0.05, 0) is 37.8 Å². The first-order valence-electron chi connectivity index (χ1n) is 8.65. The molecular weight excluding hydrogens is 306 g/mol. The van der Waals surface area contributed by atoms with Gasteiger partial charge in [-0.25, -0.2) is 0 Å². The predicted molar refractivity (Wildman–Crippen MR) is 90.7 cm³/mol. The molecule has 0 radical (unpaired) electrons. The summed E-state index contributed by atoms with van der Waals surface area (Å²) in [5, 5.41) is 9.72. The van der Waals surface area contributed by atoms with Crippen molar-refractivity contribution in [3.05, 3.63) is 29.7 Å². The van der Waals surface area contributed by atoms with Crippen LogP contribution in [-0.4, -0.2) is 35.4 Å². The van der Waals surface area contributed by atoms with Crippen LogP contribution in [0.3, 0.4) is 0 Å². The van der Waals surface area contributed by atoms with Crippen molar-refractivity contribution in [1.82, 2.24) is 15.5 Å². The third kappa shape index (κ3) is 4.06. The van der Waals surface area contributed by atoms with Crippen molar-refractivity contribution in [1.29, 1.82) is 0 Å². The Hall–Kier alpha value is -2.08. The molecular formula is C18H25N3O3. The van der Waals surface area contributed by atoms with Crippen molar-refractivity contribution >= 4 is 5.91 Å². The van der Waals surface area contributed by atoms with Gasteiger partial charge in [-0.3, -0.25) is 9.89 Å². The van der Waals surface area contributed by atoms with Gasteiger partial charge in [0.05, 0.1) is 12.7 Å². The average molecular weight is 331 g/mol. The number of hydrogen-bond donors (Lipinski definition) is 2. The standard InChI is InChI=1S/C18H25N3O3/c1-12-5-3-4-6-16(12)23-10-9-19-18(22)15-11-14(20-21-15)17-8-7-13(2)24-17/h7-8,11-12,16H,3-6,9-10H2,1-2H3,(H,19,22)(H,20,21). The van der Waals surface area contributed by atoms with Gasteiger partial charge in [0.2, 0.25) is 0 Å². The van der Waals surface area contributed by atoms with Crippen LogP contribution < -0.4 is 5.32 Å². The van der Waals surface area contributed by atoms with E-state index in [1.54, 1.807) is 6.07 Å². The van der Waals surface area contributed by atoms with Gasteiger partial charge in [-0.2, -0.15) is 5.10 Å². The van der Waals surface area contributed by atoms with E-state index in [4.69, 9.17) is 9.15 Å². The van der Waals surface area contributed by atoms with Gasteiger partial charge in [-0.15, -0.1) is 0 Å². The second-order valence-corrected chi connectivity index (χ2v) is 6.50. The first-order valence-corrected chi connectivity index (χ1v) is 8.65. The summed E-state index contributed by atoms with van der Waals surface area (Å²) in [6, 6.07) is 5.42. The summed E-state index contributed by atoms with van der Waals surface area (Å²) in [4.78, 5) is 12.1. The number of H-pyrrole nitrogens is 1. The lowest BCUT2D eigenvalue weighted by Crippen LogP contribution is -2.32. The Bertz CT molecular complexity index is 677. The number of nitrogens with one attached hydrogen (secondary N) is 2. The quantitative estimate of drug-likeness (QED) is 0.796. The van der Waals surface area contributed by atoms with Crippen LogP contribution in [0.5, 0.6) is 0 Å². The Balaban J connectivity index is 1.44. The van der Waals surface area contributed by atoms with Crippen molar-refractivity contribution in [2.45, 2.75) is 45.6 Å². The molecule has 0 bridgehead atoms. The highest BCUT2D eigenvalue weighted by Gasteiger charge is 2.21. The maximum atomic E-state index is 12.1. The molecule has 1 saturated carbocycles. The molecule has 6 heteroatoms. The molecule has 2 atom stereocenters. The van der Waals surface area contributed by atoms with Crippen molar-refractivity contribution in [3.63, 3.8) is 0 Å². The van der Waals surface area contributed by atoms with Crippen LogP contribution in [0, 0.1) is 12.8 Å². The molecule has 2 unspecified atom stereocenters. The molecule has 2 aromatic rings. The highest BCUT2D eigenvalue weighted by atomic mass is 16.5. The predicted octanol–water partition coefficient (Wildman–Crippen LogP) is 3.30. The summed E-state index contributed by atoms with van der Waals surface area (Å²) >= 11 is 0. The van der Waals surface area contributed by atoms with Crippen LogP contribution in [0.1, 0.15) is 48.9 Å². The van der Waals surface area contributed by atoms with Gasteiger partial charge < -0.3 is 14.5 Å². The zero-order valence-corrected chi connectivity index (χ0v) is 14.3. The Kier molecular flexibility index (Phi) is 5.35. The summed E-state index contributed by atoms with van der Waals surface area (Å²) in [7, 11) is 0. The number of aromatic nitrogens is 2.